The average Bonchev–Trinajstić information content (AvgIpc) is 3.87. The third kappa shape index (κ3) is 11.8. The minimum absolute atomic E-state index is 0.200. The summed E-state index contributed by atoms with van der Waals surface area (Å²) in [5.41, 5.74) is 7.08. The highest BCUT2D eigenvalue weighted by atomic mass is 35.5. The Morgan fingerprint density at radius 2 is 1.47 bits per heavy atom. The molecule has 2 N–H and O–H groups in total. The smallest absolute Gasteiger partial charge is 0.424 e. The average molecular weight is 984 g/mol. The van der Waals surface area contributed by atoms with Crippen molar-refractivity contribution in [1.29, 1.82) is 0 Å². The van der Waals surface area contributed by atoms with Gasteiger partial charge in [-0.05, 0) is 135 Å². The molecule has 0 bridgehead atoms. The molecule has 5 aromatic heterocycles. The van der Waals surface area contributed by atoms with Gasteiger partial charge in [0.15, 0.2) is 5.69 Å². The molecule has 1 aliphatic rings. The van der Waals surface area contributed by atoms with Gasteiger partial charge in [-0.25, -0.2) is 15.0 Å². The van der Waals surface area contributed by atoms with Crippen LogP contribution in [0.3, 0.4) is 0 Å². The van der Waals surface area contributed by atoms with Crippen molar-refractivity contribution in [2.75, 3.05) is 23.3 Å². The van der Waals surface area contributed by atoms with E-state index in [-0.39, 0.29) is 29.2 Å². The molecule has 1 fully saturated rings. The van der Waals surface area contributed by atoms with E-state index in [1.165, 1.54) is 24.3 Å². The molecular formula is C50H44ClF6N9O4. The number of ether oxygens (including phenoxy) is 2. The Morgan fingerprint density at radius 3 is 2.14 bits per heavy atom. The number of anilines is 2. The molecule has 20 heteroatoms. The Bertz CT molecular complexity index is 3130. The summed E-state index contributed by atoms with van der Waals surface area (Å²) in [6.07, 6.45) is -2.38. The van der Waals surface area contributed by atoms with Gasteiger partial charge in [0.25, 0.3) is 11.8 Å². The molecule has 8 aromatic rings. The number of imidazole rings is 2. The van der Waals surface area contributed by atoms with Gasteiger partial charge in [-0.15, -0.1) is 13.2 Å². The van der Waals surface area contributed by atoms with Crippen LogP contribution in [0, 0.1) is 13.8 Å². The number of hydrogen-bond donors (Lipinski definition) is 2. The third-order valence-electron chi connectivity index (χ3n) is 11.5. The fourth-order valence-electron chi connectivity index (χ4n) is 8.05. The lowest BCUT2D eigenvalue weighted by atomic mass is 9.89. The van der Waals surface area contributed by atoms with E-state index in [4.69, 9.17) is 16.3 Å². The van der Waals surface area contributed by atoms with Crippen molar-refractivity contribution < 1.29 is 45.4 Å². The van der Waals surface area contributed by atoms with Gasteiger partial charge >= 0.3 is 18.5 Å². The summed E-state index contributed by atoms with van der Waals surface area (Å²) in [5, 5.41) is 6.31. The van der Waals surface area contributed by atoms with Crippen molar-refractivity contribution >= 4 is 46.1 Å². The highest BCUT2D eigenvalue weighted by Crippen LogP contribution is 2.33. The fourth-order valence-corrected chi connectivity index (χ4v) is 8.21. The lowest BCUT2D eigenvalue weighted by Crippen LogP contribution is -2.32. The molecule has 70 heavy (non-hydrogen) atoms. The zero-order chi connectivity index (χ0) is 49.7. The molecular weight excluding hydrogens is 940 g/mol. The molecule has 9 rings (SSSR count). The second-order valence-electron chi connectivity index (χ2n) is 16.3. The van der Waals surface area contributed by atoms with Crippen molar-refractivity contribution in [3.05, 3.63) is 172 Å². The molecule has 2 amide bonds. The number of hydrogen-bond acceptors (Lipinski definition) is 9. The number of nitrogens with zero attached hydrogens (tertiary/aromatic N) is 7. The number of piperidine rings is 1. The Hall–Kier alpha value is -7.67. The Kier molecular flexibility index (Phi) is 14.3. The molecule has 13 nitrogen and oxygen atoms in total. The summed E-state index contributed by atoms with van der Waals surface area (Å²) in [6.45, 7) is 7.73. The maximum atomic E-state index is 13.0. The molecule has 1 aliphatic heterocycles. The number of carbonyl (C=O) groups is 2. The summed E-state index contributed by atoms with van der Waals surface area (Å²) in [5.74, 6) is -0.236. The van der Waals surface area contributed by atoms with E-state index >= 15 is 0 Å². The molecule has 0 radical (unpaired) electrons. The van der Waals surface area contributed by atoms with E-state index < -0.39 is 24.2 Å². The lowest BCUT2D eigenvalue weighted by Gasteiger charge is -2.34. The number of rotatable bonds is 11. The van der Waals surface area contributed by atoms with E-state index in [1.807, 2.05) is 38.1 Å². The number of alkyl halides is 6. The predicted molar refractivity (Wildman–Crippen MR) is 251 cm³/mol. The normalized spacial score (nSPS) is 13.2. The standard InChI is InChI=1S/C29H28ClF3N4O2.C21H16F3N5O2/c1-2-25-27(37-18-22(30)7-12-26(37)35-25)28(38)34-17-19-3-8-23(9-4-19)36-15-13-21(14-16-36)20-5-10-24(11-6-20)39-29(31,32)33;1-12-8-10-29-17(11-12)26-13(2)18(29)19(30)27-14-3-5-15(6-4-14)31-20-25-9-7-16(28-20)21(22,23)24/h3-12,18,21H,2,13-17H2,1H3,(H,34,38);3-11H,1-2H3,(H,27,30). The number of pyridine rings is 2. The van der Waals surface area contributed by atoms with Crippen LogP contribution in [0.5, 0.6) is 17.5 Å². The SMILES string of the molecule is CCc1nc2ccc(Cl)cn2c1C(=O)NCc1ccc(N2CCC(c3ccc(OC(F)(F)F)cc3)CC2)cc1.Cc1ccn2c(C(=O)Nc3ccc(Oc4nccc(C(F)(F)F)n4)cc3)c(C)nc2c1. The number of nitrogens with one attached hydrogen (secondary N) is 2. The number of carbonyl (C=O) groups excluding carboxylic acids is 2. The predicted octanol–water partition coefficient (Wildman–Crippen LogP) is 11.6. The van der Waals surface area contributed by atoms with E-state index in [2.05, 4.69) is 52.3 Å². The van der Waals surface area contributed by atoms with Gasteiger partial charge < -0.3 is 25.0 Å². The zero-order valence-electron chi connectivity index (χ0n) is 37.8. The highest BCUT2D eigenvalue weighted by molar-refractivity contribution is 6.30. The second-order valence-corrected chi connectivity index (χ2v) is 16.8. The number of aromatic nitrogens is 6. The molecule has 1 saturated heterocycles. The lowest BCUT2D eigenvalue weighted by molar-refractivity contribution is -0.274. The van der Waals surface area contributed by atoms with Crippen LogP contribution in [-0.2, 0) is 19.1 Å². The summed E-state index contributed by atoms with van der Waals surface area (Å²) in [6, 6.07) is 28.0. The molecule has 362 valence electrons. The van der Waals surface area contributed by atoms with Gasteiger partial charge in [0, 0.05) is 49.6 Å². The third-order valence-corrected chi connectivity index (χ3v) is 11.7. The van der Waals surface area contributed by atoms with E-state index in [9.17, 15) is 35.9 Å². The monoisotopic (exact) mass is 983 g/mol. The zero-order valence-corrected chi connectivity index (χ0v) is 38.5. The van der Waals surface area contributed by atoms with Crippen LogP contribution < -0.4 is 25.0 Å². The fraction of sp³-hybridized carbons (Fsp3) is 0.240. The van der Waals surface area contributed by atoms with Crippen molar-refractivity contribution in [1.82, 2.24) is 34.1 Å². The summed E-state index contributed by atoms with van der Waals surface area (Å²) in [7, 11) is 0. The van der Waals surface area contributed by atoms with Gasteiger partial charge in [0.2, 0.25) is 0 Å². The second kappa shape index (κ2) is 20.5. The first-order valence-electron chi connectivity index (χ1n) is 22.0. The first kappa shape index (κ1) is 48.8. The van der Waals surface area contributed by atoms with Crippen molar-refractivity contribution in [3.8, 4) is 17.5 Å². The van der Waals surface area contributed by atoms with Gasteiger partial charge in [-0.3, -0.25) is 18.4 Å². The molecule has 0 atom stereocenters. The molecule has 6 heterocycles. The van der Waals surface area contributed by atoms with Crippen LogP contribution in [0.4, 0.5) is 37.7 Å². The van der Waals surface area contributed by atoms with Crippen molar-refractivity contribution in [2.24, 2.45) is 0 Å². The molecule has 0 spiro atoms. The quantitative estimate of drug-likeness (QED) is 0.121. The van der Waals surface area contributed by atoms with E-state index in [0.717, 1.165) is 66.3 Å². The molecule has 0 saturated carbocycles. The van der Waals surface area contributed by atoms with Crippen LogP contribution >= 0.6 is 11.6 Å². The summed E-state index contributed by atoms with van der Waals surface area (Å²) >= 11 is 6.14. The number of fused-ring (bicyclic) bond motifs is 2. The van der Waals surface area contributed by atoms with Crippen LogP contribution in [-0.4, -0.2) is 60.0 Å². The maximum Gasteiger partial charge on any atom is 0.573 e. The van der Waals surface area contributed by atoms with Gasteiger partial charge in [0.1, 0.15) is 34.2 Å². The minimum Gasteiger partial charge on any atom is -0.424 e. The topological polar surface area (TPSA) is 140 Å². The minimum atomic E-state index is -4.68. The largest absolute Gasteiger partial charge is 0.573 e. The van der Waals surface area contributed by atoms with Crippen molar-refractivity contribution in [3.63, 3.8) is 0 Å². The number of halogens is 7. The molecule has 0 unspecified atom stereocenters. The first-order chi connectivity index (χ1) is 33.4. The van der Waals surface area contributed by atoms with Gasteiger partial charge in [-0.2, -0.15) is 18.2 Å². The van der Waals surface area contributed by atoms with Gasteiger partial charge in [-0.1, -0.05) is 42.8 Å². The summed E-state index contributed by atoms with van der Waals surface area (Å²) < 4.78 is 88.1. The number of aryl methyl sites for hydroxylation is 3. The molecule has 3 aromatic carbocycles. The summed E-state index contributed by atoms with van der Waals surface area (Å²) in [4.78, 5) is 44.1. The first-order valence-corrected chi connectivity index (χ1v) is 22.4. The van der Waals surface area contributed by atoms with Crippen LogP contribution in [0.2, 0.25) is 5.02 Å². The highest BCUT2D eigenvalue weighted by Gasteiger charge is 2.33. The maximum absolute atomic E-state index is 13.0. The van der Waals surface area contributed by atoms with Crippen molar-refractivity contribution in [2.45, 2.75) is 65.0 Å². The van der Waals surface area contributed by atoms with Crippen LogP contribution in [0.25, 0.3) is 11.3 Å². The Labute approximate surface area is 402 Å². The number of benzene rings is 3. The van der Waals surface area contributed by atoms with Gasteiger partial charge in [0.05, 0.1) is 16.4 Å². The van der Waals surface area contributed by atoms with E-state index in [0.29, 0.717) is 52.1 Å². The number of amides is 2. The van der Waals surface area contributed by atoms with Crippen LogP contribution in [0.1, 0.15) is 80.4 Å². The van der Waals surface area contributed by atoms with Crippen LogP contribution in [0.15, 0.2) is 122 Å². The Morgan fingerprint density at radius 1 is 0.771 bits per heavy atom. The molecule has 0 aliphatic carbocycles. The van der Waals surface area contributed by atoms with E-state index in [1.54, 1.807) is 64.5 Å². The Balaban J connectivity index is 0.000000193.